The minimum Gasteiger partial charge on any atom is -0.302 e. The number of nitrogens with zero attached hydrogens (tertiary/aromatic N) is 1. The first kappa shape index (κ1) is 13.8. The molecule has 0 saturated carbocycles. The van der Waals surface area contributed by atoms with E-state index < -0.39 is 0 Å². The standard InChI is InChI=1S/C18H23N/c1-5-18(19(3)4)17-12-10-16(11-13-17)15-8-6-14(2)7-9-15/h6-13,18H,5H2,1-4H3. The SMILES string of the molecule is CCC(c1ccc(-c2ccc(C)cc2)cc1)N(C)C. The van der Waals surface area contributed by atoms with Crippen LogP contribution in [0.1, 0.15) is 30.5 Å². The van der Waals surface area contributed by atoms with Gasteiger partial charge in [-0.15, -0.1) is 0 Å². The monoisotopic (exact) mass is 253 g/mol. The first-order valence-corrected chi connectivity index (χ1v) is 6.95. The van der Waals surface area contributed by atoms with Crippen LogP contribution < -0.4 is 0 Å². The van der Waals surface area contributed by atoms with Gasteiger partial charge in [-0.05, 0) is 44.1 Å². The Hall–Kier alpha value is -1.60. The molecule has 0 aliphatic heterocycles. The molecule has 2 aromatic carbocycles. The molecule has 2 rings (SSSR count). The van der Waals surface area contributed by atoms with Crippen LogP contribution in [0.4, 0.5) is 0 Å². The lowest BCUT2D eigenvalue weighted by Gasteiger charge is -2.23. The summed E-state index contributed by atoms with van der Waals surface area (Å²) in [5.41, 5.74) is 5.27. The van der Waals surface area contributed by atoms with Gasteiger partial charge in [0, 0.05) is 6.04 Å². The number of rotatable bonds is 4. The van der Waals surface area contributed by atoms with Crippen molar-refractivity contribution in [3.05, 3.63) is 59.7 Å². The normalized spacial score (nSPS) is 12.7. The molecule has 0 aliphatic carbocycles. The Morgan fingerprint density at radius 1 is 0.842 bits per heavy atom. The molecule has 1 atom stereocenters. The van der Waals surface area contributed by atoms with Gasteiger partial charge in [0.2, 0.25) is 0 Å². The molecule has 0 heterocycles. The quantitative estimate of drug-likeness (QED) is 0.765. The molecule has 0 N–H and O–H groups in total. The predicted octanol–water partition coefficient (Wildman–Crippen LogP) is 4.67. The summed E-state index contributed by atoms with van der Waals surface area (Å²) >= 11 is 0. The highest BCUT2D eigenvalue weighted by Crippen LogP contribution is 2.25. The predicted molar refractivity (Wildman–Crippen MR) is 83.3 cm³/mol. The van der Waals surface area contributed by atoms with Gasteiger partial charge in [-0.25, -0.2) is 0 Å². The van der Waals surface area contributed by atoms with E-state index in [-0.39, 0.29) is 0 Å². The van der Waals surface area contributed by atoms with Crippen LogP contribution in [0.5, 0.6) is 0 Å². The van der Waals surface area contributed by atoms with Crippen LogP contribution in [0, 0.1) is 6.92 Å². The zero-order chi connectivity index (χ0) is 13.8. The van der Waals surface area contributed by atoms with Crippen molar-refractivity contribution < 1.29 is 0 Å². The Labute approximate surface area is 116 Å². The van der Waals surface area contributed by atoms with Crippen molar-refractivity contribution in [1.29, 1.82) is 0 Å². The topological polar surface area (TPSA) is 3.24 Å². The minimum atomic E-state index is 0.507. The summed E-state index contributed by atoms with van der Waals surface area (Å²) in [5, 5.41) is 0. The summed E-state index contributed by atoms with van der Waals surface area (Å²) < 4.78 is 0. The maximum absolute atomic E-state index is 2.28. The van der Waals surface area contributed by atoms with Gasteiger partial charge in [0.1, 0.15) is 0 Å². The van der Waals surface area contributed by atoms with E-state index in [4.69, 9.17) is 0 Å². The van der Waals surface area contributed by atoms with Crippen LogP contribution in [0.2, 0.25) is 0 Å². The lowest BCUT2D eigenvalue weighted by molar-refractivity contribution is 0.292. The van der Waals surface area contributed by atoms with Crippen molar-refractivity contribution in [1.82, 2.24) is 4.90 Å². The fraction of sp³-hybridized carbons (Fsp3) is 0.333. The fourth-order valence-electron chi connectivity index (χ4n) is 2.54. The van der Waals surface area contributed by atoms with E-state index >= 15 is 0 Å². The Bertz CT molecular complexity index is 508. The number of benzene rings is 2. The smallest absolute Gasteiger partial charge is 0.0339 e. The molecule has 0 saturated heterocycles. The first-order chi connectivity index (χ1) is 9.11. The van der Waals surface area contributed by atoms with Crippen molar-refractivity contribution in [2.45, 2.75) is 26.3 Å². The molecule has 0 fully saturated rings. The molecule has 0 aromatic heterocycles. The van der Waals surface area contributed by atoms with Crippen molar-refractivity contribution in [3.8, 4) is 11.1 Å². The molecular formula is C18H23N. The zero-order valence-electron chi connectivity index (χ0n) is 12.4. The van der Waals surface area contributed by atoms with E-state index in [2.05, 4.69) is 81.4 Å². The molecule has 1 unspecified atom stereocenters. The van der Waals surface area contributed by atoms with E-state index in [0.717, 1.165) is 6.42 Å². The first-order valence-electron chi connectivity index (χ1n) is 6.95. The zero-order valence-corrected chi connectivity index (χ0v) is 12.4. The minimum absolute atomic E-state index is 0.507. The number of hydrogen-bond acceptors (Lipinski definition) is 1. The van der Waals surface area contributed by atoms with Crippen molar-refractivity contribution in [2.24, 2.45) is 0 Å². The molecule has 2 aromatic rings. The summed E-state index contributed by atoms with van der Waals surface area (Å²) in [7, 11) is 4.28. The molecule has 19 heavy (non-hydrogen) atoms. The van der Waals surface area contributed by atoms with Crippen LogP contribution in [0.15, 0.2) is 48.5 Å². The largest absolute Gasteiger partial charge is 0.302 e. The Morgan fingerprint density at radius 3 is 1.74 bits per heavy atom. The van der Waals surface area contributed by atoms with Crippen LogP contribution in [0.3, 0.4) is 0 Å². The highest BCUT2D eigenvalue weighted by atomic mass is 15.1. The molecule has 0 spiro atoms. The molecule has 0 radical (unpaired) electrons. The third kappa shape index (κ3) is 3.24. The third-order valence-electron chi connectivity index (χ3n) is 3.69. The van der Waals surface area contributed by atoms with Crippen LogP contribution in [-0.4, -0.2) is 19.0 Å². The summed E-state index contributed by atoms with van der Waals surface area (Å²) in [6, 6.07) is 18.2. The van der Waals surface area contributed by atoms with Gasteiger partial charge in [-0.3, -0.25) is 0 Å². The second-order valence-corrected chi connectivity index (χ2v) is 5.38. The van der Waals surface area contributed by atoms with E-state index in [0.29, 0.717) is 6.04 Å². The van der Waals surface area contributed by atoms with Gasteiger partial charge in [0.05, 0.1) is 0 Å². The summed E-state index contributed by atoms with van der Waals surface area (Å²) in [6.07, 6.45) is 1.14. The second kappa shape index (κ2) is 6.03. The molecule has 100 valence electrons. The Kier molecular flexibility index (Phi) is 4.39. The van der Waals surface area contributed by atoms with E-state index in [1.165, 1.54) is 22.3 Å². The van der Waals surface area contributed by atoms with E-state index in [9.17, 15) is 0 Å². The van der Waals surface area contributed by atoms with Crippen LogP contribution >= 0.6 is 0 Å². The van der Waals surface area contributed by atoms with Gasteiger partial charge in [0.15, 0.2) is 0 Å². The van der Waals surface area contributed by atoms with Gasteiger partial charge < -0.3 is 4.90 Å². The Morgan fingerprint density at radius 2 is 1.32 bits per heavy atom. The second-order valence-electron chi connectivity index (χ2n) is 5.38. The average molecular weight is 253 g/mol. The maximum atomic E-state index is 2.28. The summed E-state index contributed by atoms with van der Waals surface area (Å²) in [6.45, 7) is 4.36. The van der Waals surface area contributed by atoms with Crippen molar-refractivity contribution in [3.63, 3.8) is 0 Å². The lowest BCUT2D eigenvalue weighted by atomic mass is 9.98. The highest BCUT2D eigenvalue weighted by Gasteiger charge is 2.11. The highest BCUT2D eigenvalue weighted by molar-refractivity contribution is 5.64. The summed E-state index contributed by atoms with van der Waals surface area (Å²) in [5.74, 6) is 0. The molecule has 1 nitrogen and oxygen atoms in total. The molecular weight excluding hydrogens is 230 g/mol. The van der Waals surface area contributed by atoms with Gasteiger partial charge in [-0.2, -0.15) is 0 Å². The maximum Gasteiger partial charge on any atom is 0.0339 e. The van der Waals surface area contributed by atoms with Crippen LogP contribution in [0.25, 0.3) is 11.1 Å². The fourth-order valence-corrected chi connectivity index (χ4v) is 2.54. The average Bonchev–Trinajstić information content (AvgIpc) is 2.41. The van der Waals surface area contributed by atoms with Gasteiger partial charge >= 0.3 is 0 Å². The van der Waals surface area contributed by atoms with Gasteiger partial charge in [0.25, 0.3) is 0 Å². The van der Waals surface area contributed by atoms with E-state index in [1.54, 1.807) is 0 Å². The van der Waals surface area contributed by atoms with E-state index in [1.807, 2.05) is 0 Å². The van der Waals surface area contributed by atoms with Gasteiger partial charge in [-0.1, -0.05) is 61.0 Å². The molecule has 1 heteroatoms. The molecule has 0 bridgehead atoms. The van der Waals surface area contributed by atoms with Crippen molar-refractivity contribution >= 4 is 0 Å². The summed E-state index contributed by atoms with van der Waals surface area (Å²) in [4.78, 5) is 2.28. The van der Waals surface area contributed by atoms with Crippen LogP contribution in [-0.2, 0) is 0 Å². The molecule has 0 aliphatic rings. The number of hydrogen-bond donors (Lipinski definition) is 0. The number of aryl methyl sites for hydroxylation is 1. The lowest BCUT2D eigenvalue weighted by Crippen LogP contribution is -2.18. The van der Waals surface area contributed by atoms with Crippen molar-refractivity contribution in [2.75, 3.05) is 14.1 Å². The molecule has 0 amide bonds. The Balaban J connectivity index is 2.25. The third-order valence-corrected chi connectivity index (χ3v) is 3.69.